The third-order valence-electron chi connectivity index (χ3n) is 5.17. The molecule has 4 rings (SSSR count). The summed E-state index contributed by atoms with van der Waals surface area (Å²) in [5, 5.41) is 7.49. The van der Waals surface area contributed by atoms with Crippen LogP contribution in [0, 0.1) is 6.92 Å². The summed E-state index contributed by atoms with van der Waals surface area (Å²) in [5.74, 6) is -0.507. The number of benzene rings is 1. The molecular formula is C22H18ClF3N4O3. The van der Waals surface area contributed by atoms with Crippen LogP contribution in [-0.2, 0) is 22.2 Å². The van der Waals surface area contributed by atoms with Crippen molar-refractivity contribution < 1.29 is 27.3 Å². The van der Waals surface area contributed by atoms with Crippen molar-refractivity contribution in [3.63, 3.8) is 0 Å². The molecule has 1 N–H and O–H groups in total. The van der Waals surface area contributed by atoms with Crippen molar-refractivity contribution in [2.24, 2.45) is 4.99 Å². The molecule has 1 aliphatic carbocycles. The molecule has 0 unspecified atom stereocenters. The number of rotatable bonds is 4. The molecule has 0 saturated heterocycles. The summed E-state index contributed by atoms with van der Waals surface area (Å²) in [7, 11) is 0. The molecule has 1 saturated carbocycles. The van der Waals surface area contributed by atoms with Crippen molar-refractivity contribution >= 4 is 45.6 Å². The zero-order chi connectivity index (χ0) is 23.8. The van der Waals surface area contributed by atoms with Gasteiger partial charge in [0.05, 0.1) is 23.3 Å². The normalized spacial score (nSPS) is 18.2. The number of aryl methyl sites for hydroxylation is 1. The van der Waals surface area contributed by atoms with E-state index in [1.165, 1.54) is 18.2 Å². The zero-order valence-electron chi connectivity index (χ0n) is 17.4. The van der Waals surface area contributed by atoms with Gasteiger partial charge in [-0.1, -0.05) is 16.8 Å². The van der Waals surface area contributed by atoms with Crippen molar-refractivity contribution in [3.8, 4) is 0 Å². The first kappa shape index (κ1) is 22.9. The maximum atomic E-state index is 13.3. The number of carbonyl (C=O) groups is 2. The van der Waals surface area contributed by atoms with Gasteiger partial charge in [-0.25, -0.2) is 9.98 Å². The highest BCUT2D eigenvalue weighted by Crippen LogP contribution is 2.35. The third kappa shape index (κ3) is 5.39. The molecule has 2 heterocycles. The maximum Gasteiger partial charge on any atom is 0.433 e. The molecule has 1 fully saturated rings. The van der Waals surface area contributed by atoms with E-state index in [0.29, 0.717) is 28.3 Å². The summed E-state index contributed by atoms with van der Waals surface area (Å²) in [6, 6.07) is 6.49. The number of pyridine rings is 1. The minimum atomic E-state index is -4.63. The van der Waals surface area contributed by atoms with E-state index in [-0.39, 0.29) is 42.0 Å². The Kier molecular flexibility index (Phi) is 6.20. The molecule has 0 aliphatic heterocycles. The fourth-order valence-corrected chi connectivity index (χ4v) is 3.83. The second kappa shape index (κ2) is 8.93. The highest BCUT2D eigenvalue weighted by Gasteiger charge is 2.34. The minimum Gasteiger partial charge on any atom is -0.381 e. The monoisotopic (exact) mass is 478 g/mol. The first-order valence-corrected chi connectivity index (χ1v) is 10.5. The molecule has 0 spiro atoms. The van der Waals surface area contributed by atoms with Crippen LogP contribution in [0.25, 0.3) is 10.9 Å². The summed E-state index contributed by atoms with van der Waals surface area (Å²) in [4.78, 5) is 32.3. The Hall–Kier alpha value is -3.27. The predicted octanol–water partition coefficient (Wildman–Crippen LogP) is 4.95. The summed E-state index contributed by atoms with van der Waals surface area (Å²) >= 11 is 6.02. The van der Waals surface area contributed by atoms with E-state index in [4.69, 9.17) is 16.1 Å². The number of nitrogens with zero attached hydrogens (tertiary/aromatic N) is 3. The molecule has 1 aromatic carbocycles. The topological polar surface area (TPSA) is 97.5 Å². The van der Waals surface area contributed by atoms with Gasteiger partial charge in [0.25, 0.3) is 5.91 Å². The van der Waals surface area contributed by atoms with Crippen LogP contribution in [0.15, 0.2) is 39.8 Å². The fourth-order valence-electron chi connectivity index (χ4n) is 3.66. The molecule has 33 heavy (non-hydrogen) atoms. The minimum absolute atomic E-state index is 0.0146. The van der Waals surface area contributed by atoms with Gasteiger partial charge in [0.1, 0.15) is 11.5 Å². The second-order valence-electron chi connectivity index (χ2n) is 7.79. The molecule has 172 valence electrons. The number of aromatic nitrogens is 2. The van der Waals surface area contributed by atoms with Crippen LogP contribution in [0.3, 0.4) is 0 Å². The Bertz CT molecular complexity index is 1270. The van der Waals surface area contributed by atoms with Crippen LogP contribution < -0.4 is 5.32 Å². The molecular weight excluding hydrogens is 461 g/mol. The first-order valence-electron chi connectivity index (χ1n) is 10.1. The maximum absolute atomic E-state index is 13.3. The molecule has 1 amide bonds. The van der Waals surface area contributed by atoms with E-state index in [1.54, 1.807) is 13.0 Å². The number of ketones is 1. The molecule has 0 radical (unpaired) electrons. The van der Waals surface area contributed by atoms with Crippen LogP contribution in [0.5, 0.6) is 0 Å². The first-order chi connectivity index (χ1) is 15.6. The van der Waals surface area contributed by atoms with Gasteiger partial charge >= 0.3 is 6.18 Å². The van der Waals surface area contributed by atoms with Crippen molar-refractivity contribution in [1.82, 2.24) is 10.1 Å². The number of hydrogen-bond donors (Lipinski definition) is 1. The number of anilines is 1. The molecule has 7 nitrogen and oxygen atoms in total. The zero-order valence-corrected chi connectivity index (χ0v) is 18.1. The number of Topliss-reactive ketones (excluding diaryl/α,β-unsaturated/α-hetero) is 1. The van der Waals surface area contributed by atoms with Crippen LogP contribution in [-0.4, -0.2) is 33.6 Å². The smallest absolute Gasteiger partial charge is 0.381 e. The Morgan fingerprint density at radius 2 is 2.09 bits per heavy atom. The van der Waals surface area contributed by atoms with Crippen LogP contribution in [0.1, 0.15) is 36.4 Å². The quantitative estimate of drug-likeness (QED) is 0.570. The molecule has 3 aromatic rings. The Labute approximate surface area is 191 Å². The van der Waals surface area contributed by atoms with Gasteiger partial charge < -0.3 is 9.84 Å². The lowest BCUT2D eigenvalue weighted by atomic mass is 9.92. The number of hydrogen-bond acceptors (Lipinski definition) is 6. The van der Waals surface area contributed by atoms with E-state index < -0.39 is 23.8 Å². The van der Waals surface area contributed by atoms with Crippen LogP contribution >= 0.6 is 11.6 Å². The molecule has 1 aliphatic rings. The van der Waals surface area contributed by atoms with Gasteiger partial charge in [0.2, 0.25) is 0 Å². The van der Waals surface area contributed by atoms with E-state index in [9.17, 15) is 22.8 Å². The Morgan fingerprint density at radius 3 is 2.76 bits per heavy atom. The van der Waals surface area contributed by atoms with E-state index in [1.807, 2.05) is 0 Å². The number of fused-ring (bicyclic) bond motifs is 1. The summed E-state index contributed by atoms with van der Waals surface area (Å²) in [6.45, 7) is 1.72. The summed E-state index contributed by atoms with van der Waals surface area (Å²) in [6.07, 6.45) is -4.13. The van der Waals surface area contributed by atoms with Crippen molar-refractivity contribution in [1.29, 1.82) is 0 Å². The van der Waals surface area contributed by atoms with Gasteiger partial charge in [-0.2, -0.15) is 13.2 Å². The molecule has 2 aromatic heterocycles. The lowest BCUT2D eigenvalue weighted by Gasteiger charge is -2.25. The van der Waals surface area contributed by atoms with Gasteiger partial charge in [-0.15, -0.1) is 0 Å². The lowest BCUT2D eigenvalue weighted by Crippen LogP contribution is -2.34. The van der Waals surface area contributed by atoms with Gasteiger partial charge in [0.15, 0.2) is 5.78 Å². The number of amides is 1. The number of nitrogens with one attached hydrogen (secondary N) is 1. The van der Waals surface area contributed by atoms with Crippen LogP contribution in [0.4, 0.5) is 18.9 Å². The van der Waals surface area contributed by atoms with Crippen LogP contribution in [0.2, 0.25) is 5.02 Å². The highest BCUT2D eigenvalue weighted by molar-refractivity contribution is 6.42. The van der Waals surface area contributed by atoms with E-state index >= 15 is 0 Å². The van der Waals surface area contributed by atoms with Crippen molar-refractivity contribution in [2.75, 3.05) is 5.32 Å². The highest BCUT2D eigenvalue weighted by atomic mass is 35.5. The van der Waals surface area contributed by atoms with Gasteiger partial charge in [0, 0.05) is 34.6 Å². The third-order valence-corrected chi connectivity index (χ3v) is 5.40. The SMILES string of the molecule is Cc1cc(CC(=O)N=C2CC[C@@H](Nc3cc(C(F)(F)F)nc4ccc(Cl)cc34)CC2=O)on1. The lowest BCUT2D eigenvalue weighted by molar-refractivity contribution is -0.141. The number of aliphatic imine (C=N–C) groups is 1. The number of halogens is 4. The number of carbonyl (C=O) groups excluding carboxylic acids is 2. The second-order valence-corrected chi connectivity index (χ2v) is 8.22. The average molecular weight is 479 g/mol. The van der Waals surface area contributed by atoms with E-state index in [0.717, 1.165) is 6.07 Å². The molecule has 11 heteroatoms. The van der Waals surface area contributed by atoms with Gasteiger partial charge in [-0.05, 0) is 44.0 Å². The summed E-state index contributed by atoms with van der Waals surface area (Å²) < 4.78 is 44.9. The van der Waals surface area contributed by atoms with E-state index in [2.05, 4.69) is 20.4 Å². The fraction of sp³-hybridized carbons (Fsp3) is 0.318. The molecule has 0 bridgehead atoms. The Balaban J connectivity index is 1.50. The average Bonchev–Trinajstić information content (AvgIpc) is 3.14. The largest absolute Gasteiger partial charge is 0.433 e. The Morgan fingerprint density at radius 1 is 1.30 bits per heavy atom. The van der Waals surface area contributed by atoms with Crippen molar-refractivity contribution in [3.05, 3.63) is 52.5 Å². The predicted molar refractivity (Wildman–Crippen MR) is 115 cm³/mol. The van der Waals surface area contributed by atoms with Gasteiger partial charge in [-0.3, -0.25) is 9.59 Å². The molecule has 1 atom stereocenters. The summed E-state index contributed by atoms with van der Waals surface area (Å²) in [5.41, 5.74) is 0.0521. The standard InChI is InChI=1S/C22H18ClF3N4O3/c1-11-6-14(33-30-11)9-21(32)29-17-5-3-13(8-19(17)31)27-18-10-20(22(24,25)26)28-16-4-2-12(23)7-15(16)18/h2,4,6-7,10,13H,3,5,8-9H2,1H3,(H,27,28)/t13-/m1/s1. The number of alkyl halides is 3. The van der Waals surface area contributed by atoms with Crippen molar-refractivity contribution in [2.45, 2.75) is 44.8 Å².